The van der Waals surface area contributed by atoms with Crippen LogP contribution in [-0.4, -0.2) is 48.2 Å². The predicted octanol–water partition coefficient (Wildman–Crippen LogP) is 3.03. The van der Waals surface area contributed by atoms with Crippen molar-refractivity contribution in [3.05, 3.63) is 71.1 Å². The Morgan fingerprint density at radius 3 is 2.40 bits per heavy atom. The van der Waals surface area contributed by atoms with Gasteiger partial charge >= 0.3 is 0 Å². The van der Waals surface area contributed by atoms with E-state index in [2.05, 4.69) is 10.2 Å². The molecule has 6 heteroatoms. The Hall–Kier alpha value is -2.96. The molecule has 4 rings (SSSR count). The number of aromatic nitrogens is 1. The minimum Gasteiger partial charge on any atom is -0.379 e. The molecule has 1 unspecified atom stereocenters. The van der Waals surface area contributed by atoms with Gasteiger partial charge in [0.05, 0.1) is 19.8 Å². The molecule has 1 aromatic heterocycles. The van der Waals surface area contributed by atoms with Gasteiger partial charge in [-0.1, -0.05) is 55.5 Å². The van der Waals surface area contributed by atoms with Gasteiger partial charge in [-0.05, 0) is 23.4 Å². The second-order valence-electron chi connectivity index (χ2n) is 7.55. The van der Waals surface area contributed by atoms with E-state index in [-0.39, 0.29) is 11.5 Å². The fourth-order valence-corrected chi connectivity index (χ4v) is 3.95. The molecule has 0 aliphatic carbocycles. The fourth-order valence-electron chi connectivity index (χ4n) is 3.95. The van der Waals surface area contributed by atoms with Gasteiger partial charge < -0.3 is 10.1 Å². The number of fused-ring (bicyclic) bond motifs is 1. The van der Waals surface area contributed by atoms with Crippen LogP contribution < -0.4 is 10.9 Å². The lowest BCUT2D eigenvalue weighted by Crippen LogP contribution is -2.45. The largest absolute Gasteiger partial charge is 0.379 e. The van der Waals surface area contributed by atoms with Gasteiger partial charge in [-0.15, -0.1) is 0 Å². The average molecular weight is 405 g/mol. The zero-order valence-corrected chi connectivity index (χ0v) is 17.2. The second-order valence-corrected chi connectivity index (χ2v) is 7.55. The highest BCUT2D eigenvalue weighted by Gasteiger charge is 2.20. The average Bonchev–Trinajstić information content (AvgIpc) is 2.79. The summed E-state index contributed by atoms with van der Waals surface area (Å²) in [5.74, 6) is -0.0786. The van der Waals surface area contributed by atoms with E-state index in [0.29, 0.717) is 31.6 Å². The molecular formula is C24H27N3O3. The molecule has 6 nitrogen and oxygen atoms in total. The summed E-state index contributed by atoms with van der Waals surface area (Å²) in [4.78, 5) is 28.0. The Bertz CT molecular complexity index is 1070. The van der Waals surface area contributed by atoms with Crippen LogP contribution in [0.15, 0.2) is 65.6 Å². The van der Waals surface area contributed by atoms with Crippen molar-refractivity contribution in [2.24, 2.45) is 0 Å². The third kappa shape index (κ3) is 4.30. The van der Waals surface area contributed by atoms with E-state index in [9.17, 15) is 9.59 Å². The Labute approximate surface area is 176 Å². The summed E-state index contributed by atoms with van der Waals surface area (Å²) in [6, 6.07) is 17.7. The standard InChI is InChI=1S/C24H27N3O3/c1-2-22(25-23(28)17-26-12-14-30-15-13-26)27-16-21(18-8-4-3-5-9-18)19-10-6-7-11-20(19)24(27)29/h3-11,16,22H,2,12-15,17H2,1H3,(H,25,28). The van der Waals surface area contributed by atoms with Crippen molar-refractivity contribution in [2.75, 3.05) is 32.8 Å². The number of carbonyl (C=O) groups is 1. The molecule has 0 radical (unpaired) electrons. The van der Waals surface area contributed by atoms with Crippen LogP contribution >= 0.6 is 0 Å². The number of morpholine rings is 1. The first-order valence-electron chi connectivity index (χ1n) is 10.5. The molecule has 1 aliphatic heterocycles. The quantitative estimate of drug-likeness (QED) is 0.685. The molecule has 3 aromatic rings. The summed E-state index contributed by atoms with van der Waals surface area (Å²) in [7, 11) is 0. The van der Waals surface area contributed by atoms with Crippen LogP contribution in [0.25, 0.3) is 21.9 Å². The highest BCUT2D eigenvalue weighted by Crippen LogP contribution is 2.27. The van der Waals surface area contributed by atoms with Crippen molar-refractivity contribution >= 4 is 16.7 Å². The zero-order valence-electron chi connectivity index (χ0n) is 17.2. The summed E-state index contributed by atoms with van der Waals surface area (Å²) in [5, 5.41) is 4.62. The molecular weight excluding hydrogens is 378 g/mol. The van der Waals surface area contributed by atoms with Gasteiger partial charge in [0.15, 0.2) is 0 Å². The van der Waals surface area contributed by atoms with Crippen LogP contribution in [-0.2, 0) is 9.53 Å². The van der Waals surface area contributed by atoms with Crippen molar-refractivity contribution in [3.8, 4) is 11.1 Å². The highest BCUT2D eigenvalue weighted by molar-refractivity contribution is 5.95. The van der Waals surface area contributed by atoms with Crippen LogP contribution in [0.5, 0.6) is 0 Å². The molecule has 0 bridgehead atoms. The number of nitrogens with zero attached hydrogens (tertiary/aromatic N) is 2. The maximum atomic E-state index is 13.3. The number of carbonyl (C=O) groups excluding carboxylic acids is 1. The molecule has 1 atom stereocenters. The number of rotatable bonds is 6. The van der Waals surface area contributed by atoms with E-state index in [1.807, 2.05) is 67.7 Å². The Morgan fingerprint density at radius 1 is 1.03 bits per heavy atom. The number of ether oxygens (including phenoxy) is 1. The lowest BCUT2D eigenvalue weighted by molar-refractivity contribution is -0.124. The van der Waals surface area contributed by atoms with Gasteiger partial charge in [-0.3, -0.25) is 19.1 Å². The minimum atomic E-state index is -0.405. The second kappa shape index (κ2) is 9.24. The molecule has 1 amide bonds. The van der Waals surface area contributed by atoms with Crippen molar-refractivity contribution < 1.29 is 9.53 Å². The van der Waals surface area contributed by atoms with Gasteiger partial charge in [0.2, 0.25) is 5.91 Å². The topological polar surface area (TPSA) is 63.6 Å². The Kier molecular flexibility index (Phi) is 6.26. The molecule has 1 fully saturated rings. The molecule has 1 aliphatic rings. The van der Waals surface area contributed by atoms with Crippen molar-refractivity contribution in [1.82, 2.24) is 14.8 Å². The first-order valence-corrected chi connectivity index (χ1v) is 10.5. The summed E-state index contributed by atoms with van der Waals surface area (Å²) in [5.41, 5.74) is 1.92. The minimum absolute atomic E-state index is 0.0786. The number of hydrogen-bond acceptors (Lipinski definition) is 4. The first-order chi connectivity index (χ1) is 14.7. The van der Waals surface area contributed by atoms with Crippen LogP contribution in [0.3, 0.4) is 0 Å². The SMILES string of the molecule is CCC(NC(=O)CN1CCOCC1)n1cc(-c2ccccc2)c2ccccc2c1=O. The van der Waals surface area contributed by atoms with E-state index in [4.69, 9.17) is 4.74 Å². The van der Waals surface area contributed by atoms with Gasteiger partial charge in [-0.25, -0.2) is 0 Å². The highest BCUT2D eigenvalue weighted by atomic mass is 16.5. The van der Waals surface area contributed by atoms with Crippen molar-refractivity contribution in [2.45, 2.75) is 19.5 Å². The van der Waals surface area contributed by atoms with E-state index in [0.717, 1.165) is 29.6 Å². The van der Waals surface area contributed by atoms with Gasteiger partial charge in [0.1, 0.15) is 6.17 Å². The molecule has 2 aromatic carbocycles. The molecule has 30 heavy (non-hydrogen) atoms. The van der Waals surface area contributed by atoms with E-state index < -0.39 is 6.17 Å². The maximum Gasteiger partial charge on any atom is 0.260 e. The van der Waals surface area contributed by atoms with Crippen molar-refractivity contribution in [1.29, 1.82) is 0 Å². The number of pyridine rings is 1. The summed E-state index contributed by atoms with van der Waals surface area (Å²) >= 11 is 0. The predicted molar refractivity (Wildman–Crippen MR) is 118 cm³/mol. The molecule has 156 valence electrons. The van der Waals surface area contributed by atoms with Crippen LogP contribution in [0.1, 0.15) is 19.5 Å². The van der Waals surface area contributed by atoms with Gasteiger partial charge in [-0.2, -0.15) is 0 Å². The lowest BCUT2D eigenvalue weighted by atomic mass is 10.0. The smallest absolute Gasteiger partial charge is 0.260 e. The van der Waals surface area contributed by atoms with Crippen LogP contribution in [0.2, 0.25) is 0 Å². The number of nitrogens with one attached hydrogen (secondary N) is 1. The van der Waals surface area contributed by atoms with Gasteiger partial charge in [0, 0.05) is 30.2 Å². The first kappa shape index (κ1) is 20.3. The normalized spacial score (nSPS) is 15.8. The summed E-state index contributed by atoms with van der Waals surface area (Å²) < 4.78 is 7.01. The van der Waals surface area contributed by atoms with Crippen LogP contribution in [0.4, 0.5) is 0 Å². The molecule has 2 heterocycles. The fraction of sp³-hybridized carbons (Fsp3) is 0.333. The Morgan fingerprint density at radius 2 is 1.70 bits per heavy atom. The molecule has 0 spiro atoms. The zero-order chi connectivity index (χ0) is 20.9. The maximum absolute atomic E-state index is 13.3. The Balaban J connectivity index is 1.68. The molecule has 0 saturated carbocycles. The van der Waals surface area contributed by atoms with Crippen LogP contribution in [0, 0.1) is 0 Å². The third-order valence-corrected chi connectivity index (χ3v) is 5.56. The number of amides is 1. The molecule has 1 saturated heterocycles. The summed E-state index contributed by atoms with van der Waals surface area (Å²) in [6.07, 6.45) is 2.09. The monoisotopic (exact) mass is 405 g/mol. The van der Waals surface area contributed by atoms with Gasteiger partial charge in [0.25, 0.3) is 5.56 Å². The lowest BCUT2D eigenvalue weighted by Gasteiger charge is -2.27. The van der Waals surface area contributed by atoms with E-state index in [1.165, 1.54) is 0 Å². The third-order valence-electron chi connectivity index (χ3n) is 5.56. The molecule has 1 N–H and O–H groups in total. The van der Waals surface area contributed by atoms with E-state index in [1.54, 1.807) is 4.57 Å². The van der Waals surface area contributed by atoms with E-state index >= 15 is 0 Å². The summed E-state index contributed by atoms with van der Waals surface area (Å²) in [6.45, 7) is 5.08. The van der Waals surface area contributed by atoms with Crippen molar-refractivity contribution in [3.63, 3.8) is 0 Å². The number of benzene rings is 2. The number of hydrogen-bond donors (Lipinski definition) is 1.